The van der Waals surface area contributed by atoms with Crippen molar-refractivity contribution in [1.29, 1.82) is 0 Å². The molecule has 0 bridgehead atoms. The fourth-order valence-electron chi connectivity index (χ4n) is 1.93. The second kappa shape index (κ2) is 5.89. The second-order valence-corrected chi connectivity index (χ2v) is 4.85. The third kappa shape index (κ3) is 2.90. The van der Waals surface area contributed by atoms with Crippen LogP contribution in [-0.2, 0) is 12.8 Å². The van der Waals surface area contributed by atoms with Crippen LogP contribution < -0.4 is 5.32 Å². The highest BCUT2D eigenvalue weighted by atomic mass is 32.1. The summed E-state index contributed by atoms with van der Waals surface area (Å²) in [4.78, 5) is 8.85. The molecule has 0 aliphatic rings. The summed E-state index contributed by atoms with van der Waals surface area (Å²) in [6.45, 7) is 2.16. The molecular weight excluding hydrogens is 230 g/mol. The molecule has 0 saturated heterocycles. The molecule has 0 radical (unpaired) electrons. The maximum Gasteiger partial charge on any atom is 0.0944 e. The Balaban J connectivity index is 2.22. The van der Waals surface area contributed by atoms with Gasteiger partial charge in [-0.15, -0.1) is 11.3 Å². The van der Waals surface area contributed by atoms with Crippen molar-refractivity contribution in [2.45, 2.75) is 25.8 Å². The van der Waals surface area contributed by atoms with Crippen LogP contribution in [0.3, 0.4) is 0 Å². The number of aryl methyl sites for hydroxylation is 1. The number of hydrogen-bond donors (Lipinski definition) is 1. The van der Waals surface area contributed by atoms with Gasteiger partial charge in [-0.1, -0.05) is 13.0 Å². The molecule has 0 aliphatic heterocycles. The topological polar surface area (TPSA) is 37.8 Å². The molecule has 0 fully saturated rings. The zero-order valence-corrected chi connectivity index (χ0v) is 11.0. The molecular formula is C13H17N3S. The largest absolute Gasteiger partial charge is 0.311 e. The van der Waals surface area contributed by atoms with E-state index < -0.39 is 0 Å². The fourth-order valence-corrected chi connectivity index (χ4v) is 2.59. The van der Waals surface area contributed by atoms with Crippen LogP contribution in [0.5, 0.6) is 0 Å². The summed E-state index contributed by atoms with van der Waals surface area (Å²) >= 11 is 1.70. The molecule has 2 aromatic rings. The normalized spacial score (nSPS) is 12.6. The molecule has 0 amide bonds. The molecule has 2 heterocycles. The monoisotopic (exact) mass is 247 g/mol. The van der Waals surface area contributed by atoms with Crippen molar-refractivity contribution in [1.82, 2.24) is 15.3 Å². The van der Waals surface area contributed by atoms with Gasteiger partial charge in [0.05, 0.1) is 16.7 Å². The van der Waals surface area contributed by atoms with Crippen molar-refractivity contribution in [3.63, 3.8) is 0 Å². The molecule has 2 aromatic heterocycles. The minimum atomic E-state index is 0.247. The predicted octanol–water partition coefficient (Wildman–Crippen LogP) is 2.60. The lowest BCUT2D eigenvalue weighted by molar-refractivity contribution is 0.568. The van der Waals surface area contributed by atoms with E-state index in [1.165, 1.54) is 5.56 Å². The van der Waals surface area contributed by atoms with Gasteiger partial charge in [0.1, 0.15) is 0 Å². The number of hydrogen-bond acceptors (Lipinski definition) is 4. The Morgan fingerprint density at radius 2 is 2.24 bits per heavy atom. The van der Waals surface area contributed by atoms with E-state index in [2.05, 4.69) is 28.3 Å². The summed E-state index contributed by atoms with van der Waals surface area (Å²) in [7, 11) is 1.98. The van der Waals surface area contributed by atoms with Crippen LogP contribution in [0.2, 0.25) is 0 Å². The molecule has 2 rings (SSSR count). The van der Waals surface area contributed by atoms with Crippen LogP contribution in [0.25, 0.3) is 0 Å². The molecule has 90 valence electrons. The van der Waals surface area contributed by atoms with Crippen molar-refractivity contribution in [3.8, 4) is 0 Å². The highest BCUT2D eigenvalue weighted by Gasteiger charge is 2.15. The number of likely N-dealkylation sites (N-methyl/N-ethyl adjacent to an activating group) is 1. The molecule has 1 N–H and O–H groups in total. The summed E-state index contributed by atoms with van der Waals surface area (Å²) in [6.07, 6.45) is 5.63. The summed E-state index contributed by atoms with van der Waals surface area (Å²) in [5.74, 6) is 0. The van der Waals surface area contributed by atoms with Gasteiger partial charge in [0.2, 0.25) is 0 Å². The Labute approximate surface area is 106 Å². The van der Waals surface area contributed by atoms with Crippen molar-refractivity contribution < 1.29 is 0 Å². The van der Waals surface area contributed by atoms with E-state index in [4.69, 9.17) is 0 Å². The molecule has 0 aromatic carbocycles. The Kier molecular flexibility index (Phi) is 4.23. The van der Waals surface area contributed by atoms with Crippen LogP contribution in [0.15, 0.2) is 29.9 Å². The third-order valence-corrected chi connectivity index (χ3v) is 3.65. The van der Waals surface area contributed by atoms with Crippen molar-refractivity contribution in [2.24, 2.45) is 0 Å². The smallest absolute Gasteiger partial charge is 0.0944 e. The maximum absolute atomic E-state index is 4.52. The van der Waals surface area contributed by atoms with Gasteiger partial charge in [0.15, 0.2) is 0 Å². The van der Waals surface area contributed by atoms with Gasteiger partial charge in [-0.2, -0.15) is 0 Å². The van der Waals surface area contributed by atoms with Gasteiger partial charge in [0, 0.05) is 24.2 Å². The number of aromatic nitrogens is 2. The Morgan fingerprint density at radius 1 is 1.35 bits per heavy atom. The van der Waals surface area contributed by atoms with Gasteiger partial charge in [-0.05, 0) is 25.1 Å². The summed E-state index contributed by atoms with van der Waals surface area (Å²) in [6, 6.07) is 4.39. The average Bonchev–Trinajstić information content (AvgIpc) is 2.89. The molecule has 0 spiro atoms. The standard InChI is InChI=1S/C13H17N3S/c1-3-10-5-4-6-16-13(10)11(14-2)9-12-15-7-8-17-12/h4-8,11,14H,3,9H2,1-2H3. The lowest BCUT2D eigenvalue weighted by atomic mass is 10.0. The molecule has 1 atom stereocenters. The van der Waals surface area contributed by atoms with E-state index in [-0.39, 0.29) is 6.04 Å². The van der Waals surface area contributed by atoms with Crippen molar-refractivity contribution >= 4 is 11.3 Å². The van der Waals surface area contributed by atoms with E-state index in [0.717, 1.165) is 23.5 Å². The number of nitrogens with one attached hydrogen (secondary N) is 1. The highest BCUT2D eigenvalue weighted by Crippen LogP contribution is 2.21. The summed E-state index contributed by atoms with van der Waals surface area (Å²) in [5, 5.41) is 6.50. The minimum absolute atomic E-state index is 0.247. The van der Waals surface area contributed by atoms with E-state index in [1.807, 2.05) is 30.9 Å². The van der Waals surface area contributed by atoms with E-state index >= 15 is 0 Å². The highest BCUT2D eigenvalue weighted by molar-refractivity contribution is 7.09. The molecule has 3 nitrogen and oxygen atoms in total. The molecule has 0 saturated carbocycles. The van der Waals surface area contributed by atoms with Crippen LogP contribution >= 0.6 is 11.3 Å². The Morgan fingerprint density at radius 3 is 2.88 bits per heavy atom. The molecule has 17 heavy (non-hydrogen) atoms. The Bertz CT molecular complexity index is 453. The van der Waals surface area contributed by atoms with Crippen molar-refractivity contribution in [2.75, 3.05) is 7.05 Å². The minimum Gasteiger partial charge on any atom is -0.311 e. The van der Waals surface area contributed by atoms with Gasteiger partial charge in [0.25, 0.3) is 0 Å². The number of thiazole rings is 1. The quantitative estimate of drug-likeness (QED) is 0.882. The van der Waals surface area contributed by atoms with E-state index in [9.17, 15) is 0 Å². The fraction of sp³-hybridized carbons (Fsp3) is 0.385. The first-order chi connectivity index (χ1) is 8.35. The predicted molar refractivity (Wildman–Crippen MR) is 71.2 cm³/mol. The molecule has 1 unspecified atom stereocenters. The average molecular weight is 247 g/mol. The lowest BCUT2D eigenvalue weighted by Gasteiger charge is -2.17. The van der Waals surface area contributed by atoms with E-state index in [0.29, 0.717) is 0 Å². The Hall–Kier alpha value is -1.26. The SMILES string of the molecule is CCc1cccnc1C(Cc1nccs1)NC. The van der Waals surface area contributed by atoms with Gasteiger partial charge < -0.3 is 5.32 Å². The first kappa shape index (κ1) is 12.2. The zero-order chi connectivity index (χ0) is 12.1. The van der Waals surface area contributed by atoms with Crippen LogP contribution in [0, 0.1) is 0 Å². The third-order valence-electron chi connectivity index (χ3n) is 2.85. The van der Waals surface area contributed by atoms with E-state index in [1.54, 1.807) is 11.3 Å². The van der Waals surface area contributed by atoms with Gasteiger partial charge in [-0.3, -0.25) is 4.98 Å². The van der Waals surface area contributed by atoms with Crippen molar-refractivity contribution in [3.05, 3.63) is 46.2 Å². The number of rotatable bonds is 5. The molecule has 4 heteroatoms. The zero-order valence-electron chi connectivity index (χ0n) is 10.2. The maximum atomic E-state index is 4.52. The summed E-state index contributed by atoms with van der Waals surface area (Å²) < 4.78 is 0. The first-order valence-electron chi connectivity index (χ1n) is 5.84. The second-order valence-electron chi connectivity index (χ2n) is 3.87. The first-order valence-corrected chi connectivity index (χ1v) is 6.72. The van der Waals surface area contributed by atoms with Gasteiger partial charge >= 0.3 is 0 Å². The van der Waals surface area contributed by atoms with Gasteiger partial charge in [-0.25, -0.2) is 4.98 Å². The number of pyridine rings is 1. The van der Waals surface area contributed by atoms with Crippen LogP contribution in [0.4, 0.5) is 0 Å². The number of nitrogens with zero attached hydrogens (tertiary/aromatic N) is 2. The summed E-state index contributed by atoms with van der Waals surface area (Å²) in [5.41, 5.74) is 2.45. The van der Waals surface area contributed by atoms with Crippen LogP contribution in [-0.4, -0.2) is 17.0 Å². The molecule has 0 aliphatic carbocycles. The van der Waals surface area contributed by atoms with Crippen LogP contribution in [0.1, 0.15) is 29.2 Å². The lowest BCUT2D eigenvalue weighted by Crippen LogP contribution is -2.21.